The van der Waals surface area contributed by atoms with Crippen LogP contribution in [0.5, 0.6) is 0 Å². The summed E-state index contributed by atoms with van der Waals surface area (Å²) >= 11 is 4.54. The van der Waals surface area contributed by atoms with E-state index >= 15 is 0 Å². The van der Waals surface area contributed by atoms with Gasteiger partial charge in [-0.05, 0) is 67.0 Å². The molecule has 0 atom stereocenters. The molecule has 2 aromatic carbocycles. The summed E-state index contributed by atoms with van der Waals surface area (Å²) in [6, 6.07) is 14.7. The first-order valence-electron chi connectivity index (χ1n) is 10.0. The molecular formula is C24H28N2O2S3. The molecule has 4 nitrogen and oxygen atoms in total. The number of aromatic nitrogens is 2. The summed E-state index contributed by atoms with van der Waals surface area (Å²) < 4.78 is 3.68. The van der Waals surface area contributed by atoms with E-state index in [0.717, 1.165) is 37.5 Å². The summed E-state index contributed by atoms with van der Waals surface area (Å²) in [4.78, 5) is 18.2. The number of aliphatic carboxylic acids is 1. The Hall–Kier alpha value is -1.83. The average Bonchev–Trinajstić information content (AvgIpc) is 3.16. The standard InChI is InChI=1S/C24H28N2O2S3/c1-15-13-18(11-12-19(15)30-24(5,6)22(27)28)29-14-20-25-21(26-31-20)16-7-9-17(10-8-16)23(2,3)4/h7-13H,14H2,1-6H3,(H,27,28). The van der Waals surface area contributed by atoms with Crippen molar-refractivity contribution in [3.63, 3.8) is 0 Å². The smallest absolute Gasteiger partial charge is 0.319 e. The monoisotopic (exact) mass is 472 g/mol. The van der Waals surface area contributed by atoms with Gasteiger partial charge in [-0.25, -0.2) is 4.98 Å². The molecular weight excluding hydrogens is 444 g/mol. The van der Waals surface area contributed by atoms with E-state index in [1.807, 2.05) is 19.1 Å². The van der Waals surface area contributed by atoms with Crippen LogP contribution >= 0.6 is 35.1 Å². The van der Waals surface area contributed by atoms with Crippen LogP contribution in [0, 0.1) is 6.92 Å². The molecule has 0 aliphatic rings. The summed E-state index contributed by atoms with van der Waals surface area (Å²) in [7, 11) is 0. The van der Waals surface area contributed by atoms with Crippen molar-refractivity contribution < 1.29 is 9.90 Å². The Kier molecular flexibility index (Phi) is 7.18. The highest BCUT2D eigenvalue weighted by Crippen LogP contribution is 2.37. The average molecular weight is 473 g/mol. The number of hydrogen-bond donors (Lipinski definition) is 1. The maximum Gasteiger partial charge on any atom is 0.319 e. The zero-order chi connectivity index (χ0) is 22.8. The largest absolute Gasteiger partial charge is 0.480 e. The maximum absolute atomic E-state index is 11.4. The Bertz CT molecular complexity index is 1070. The van der Waals surface area contributed by atoms with E-state index in [0.29, 0.717) is 0 Å². The second-order valence-corrected chi connectivity index (χ2v) is 12.5. The fourth-order valence-corrected chi connectivity index (χ4v) is 5.46. The Morgan fingerprint density at radius 1 is 1.06 bits per heavy atom. The van der Waals surface area contributed by atoms with Gasteiger partial charge < -0.3 is 5.11 Å². The fraction of sp³-hybridized carbons (Fsp3) is 0.375. The van der Waals surface area contributed by atoms with Crippen LogP contribution in [0.3, 0.4) is 0 Å². The normalized spacial score (nSPS) is 12.2. The summed E-state index contributed by atoms with van der Waals surface area (Å²) in [6.45, 7) is 12.1. The molecule has 0 bridgehead atoms. The number of aryl methyl sites for hydroxylation is 1. The molecule has 164 valence electrons. The molecule has 0 unspecified atom stereocenters. The molecule has 0 radical (unpaired) electrons. The third-order valence-electron chi connectivity index (χ3n) is 4.87. The zero-order valence-electron chi connectivity index (χ0n) is 18.7. The highest BCUT2D eigenvalue weighted by atomic mass is 32.2. The van der Waals surface area contributed by atoms with Gasteiger partial charge in [0, 0.05) is 15.4 Å². The fourth-order valence-electron chi connectivity index (χ4n) is 2.84. The number of rotatable bonds is 7. The number of hydrogen-bond acceptors (Lipinski definition) is 6. The number of benzene rings is 2. The van der Waals surface area contributed by atoms with E-state index in [4.69, 9.17) is 4.98 Å². The van der Waals surface area contributed by atoms with Crippen LogP contribution < -0.4 is 0 Å². The molecule has 0 spiro atoms. The van der Waals surface area contributed by atoms with Crippen molar-refractivity contribution in [2.24, 2.45) is 0 Å². The first kappa shape index (κ1) is 23.8. The molecule has 31 heavy (non-hydrogen) atoms. The van der Waals surface area contributed by atoms with Crippen molar-refractivity contribution in [2.75, 3.05) is 0 Å². The molecule has 0 saturated heterocycles. The van der Waals surface area contributed by atoms with Gasteiger partial charge in [-0.2, -0.15) is 4.37 Å². The van der Waals surface area contributed by atoms with Gasteiger partial charge in [0.1, 0.15) is 9.75 Å². The van der Waals surface area contributed by atoms with E-state index in [2.05, 4.69) is 55.5 Å². The molecule has 0 aliphatic heterocycles. The van der Waals surface area contributed by atoms with Crippen LogP contribution in [-0.4, -0.2) is 25.2 Å². The summed E-state index contributed by atoms with van der Waals surface area (Å²) in [5.41, 5.74) is 3.55. The molecule has 3 aromatic rings. The summed E-state index contributed by atoms with van der Waals surface area (Å²) in [5.74, 6) is 0.722. The summed E-state index contributed by atoms with van der Waals surface area (Å²) in [6.07, 6.45) is 0. The van der Waals surface area contributed by atoms with Crippen LogP contribution in [0.2, 0.25) is 0 Å². The lowest BCUT2D eigenvalue weighted by atomic mass is 9.87. The topological polar surface area (TPSA) is 63.1 Å². The van der Waals surface area contributed by atoms with Crippen LogP contribution in [0.15, 0.2) is 52.3 Å². The minimum absolute atomic E-state index is 0.130. The third-order valence-corrected chi connectivity index (χ3v) is 8.13. The van der Waals surface area contributed by atoms with E-state index < -0.39 is 10.7 Å². The van der Waals surface area contributed by atoms with Crippen molar-refractivity contribution >= 4 is 41.0 Å². The Morgan fingerprint density at radius 3 is 2.32 bits per heavy atom. The number of carboxylic acid groups (broad SMARTS) is 1. The van der Waals surface area contributed by atoms with E-state index in [-0.39, 0.29) is 5.41 Å². The predicted octanol–water partition coefficient (Wildman–Crippen LogP) is 7.06. The van der Waals surface area contributed by atoms with Crippen LogP contribution in [0.25, 0.3) is 11.4 Å². The molecule has 0 fully saturated rings. The van der Waals surface area contributed by atoms with Gasteiger partial charge in [0.15, 0.2) is 5.82 Å². The lowest BCUT2D eigenvalue weighted by molar-refractivity contribution is -0.138. The SMILES string of the molecule is Cc1cc(SCc2nc(-c3ccc(C(C)(C)C)cc3)ns2)ccc1SC(C)(C)C(=O)O. The maximum atomic E-state index is 11.4. The van der Waals surface area contributed by atoms with Gasteiger partial charge in [0.05, 0.1) is 5.75 Å². The highest BCUT2D eigenvalue weighted by molar-refractivity contribution is 8.01. The van der Waals surface area contributed by atoms with Gasteiger partial charge in [0.25, 0.3) is 0 Å². The predicted molar refractivity (Wildman–Crippen MR) is 132 cm³/mol. The lowest BCUT2D eigenvalue weighted by Crippen LogP contribution is -2.27. The van der Waals surface area contributed by atoms with Crippen molar-refractivity contribution in [3.05, 3.63) is 58.6 Å². The summed E-state index contributed by atoms with van der Waals surface area (Å²) in [5, 5.41) is 10.3. The van der Waals surface area contributed by atoms with Gasteiger partial charge in [-0.3, -0.25) is 4.79 Å². The van der Waals surface area contributed by atoms with Gasteiger partial charge >= 0.3 is 5.97 Å². The van der Waals surface area contributed by atoms with Crippen LogP contribution in [0.4, 0.5) is 0 Å². The van der Waals surface area contributed by atoms with Gasteiger partial charge in [-0.15, -0.1) is 23.5 Å². The van der Waals surface area contributed by atoms with Crippen molar-refractivity contribution in [2.45, 2.75) is 67.2 Å². The first-order valence-corrected chi connectivity index (χ1v) is 12.6. The van der Waals surface area contributed by atoms with Crippen LogP contribution in [-0.2, 0) is 16.0 Å². The molecule has 0 amide bonds. The Morgan fingerprint density at radius 2 is 1.74 bits per heavy atom. The Balaban J connectivity index is 1.64. The first-order chi connectivity index (χ1) is 14.5. The van der Waals surface area contributed by atoms with Gasteiger partial charge in [0.2, 0.25) is 0 Å². The molecule has 7 heteroatoms. The van der Waals surface area contributed by atoms with E-state index in [9.17, 15) is 9.90 Å². The molecule has 0 saturated carbocycles. The molecule has 0 aliphatic carbocycles. The second-order valence-electron chi connectivity index (χ2n) is 8.97. The molecule has 3 rings (SSSR count). The highest BCUT2D eigenvalue weighted by Gasteiger charge is 2.29. The Labute approximate surface area is 197 Å². The number of carboxylic acids is 1. The van der Waals surface area contributed by atoms with Crippen molar-refractivity contribution in [1.29, 1.82) is 0 Å². The van der Waals surface area contributed by atoms with E-state index in [1.165, 1.54) is 28.9 Å². The number of carbonyl (C=O) groups is 1. The number of nitrogens with zero attached hydrogens (tertiary/aromatic N) is 2. The lowest BCUT2D eigenvalue weighted by Gasteiger charge is -2.19. The van der Waals surface area contributed by atoms with Gasteiger partial charge in [-0.1, -0.05) is 45.0 Å². The second kappa shape index (κ2) is 9.35. The van der Waals surface area contributed by atoms with E-state index in [1.54, 1.807) is 25.6 Å². The minimum Gasteiger partial charge on any atom is -0.480 e. The molecule has 1 aromatic heterocycles. The molecule has 1 N–H and O–H groups in total. The van der Waals surface area contributed by atoms with Crippen molar-refractivity contribution in [3.8, 4) is 11.4 Å². The van der Waals surface area contributed by atoms with Crippen molar-refractivity contribution in [1.82, 2.24) is 9.36 Å². The zero-order valence-corrected chi connectivity index (χ0v) is 21.2. The minimum atomic E-state index is -0.854. The quantitative estimate of drug-likeness (QED) is 0.371. The number of thioether (sulfide) groups is 2. The third kappa shape index (κ3) is 6.11. The molecule has 1 heterocycles. The van der Waals surface area contributed by atoms with Crippen LogP contribution in [0.1, 0.15) is 50.8 Å².